The predicted octanol–water partition coefficient (Wildman–Crippen LogP) is 3.01. The van der Waals surface area contributed by atoms with Gasteiger partial charge >= 0.3 is 0 Å². The number of aromatic nitrogens is 4. The summed E-state index contributed by atoms with van der Waals surface area (Å²) in [6.07, 6.45) is 3.55. The number of anilines is 2. The molecule has 0 bridgehead atoms. The minimum atomic E-state index is 0.689. The third kappa shape index (κ3) is 3.08. The van der Waals surface area contributed by atoms with Crippen LogP contribution in [0.4, 0.5) is 11.8 Å². The normalized spacial score (nSPS) is 14.7. The fraction of sp³-hybridized carbons (Fsp3) is 0.200. The van der Waals surface area contributed by atoms with Gasteiger partial charge in [0.25, 0.3) is 6.01 Å². The maximum Gasteiger partial charge on any atom is 0.298 e. The highest BCUT2D eigenvalue weighted by molar-refractivity contribution is 5.74. The quantitative estimate of drug-likeness (QED) is 0.557. The second-order valence-corrected chi connectivity index (χ2v) is 6.46. The van der Waals surface area contributed by atoms with Crippen LogP contribution in [0, 0.1) is 0 Å². The number of rotatable bonds is 3. The second kappa shape index (κ2) is 6.68. The topological polar surface area (TPSA) is 71.2 Å². The molecule has 27 heavy (non-hydrogen) atoms. The monoisotopic (exact) mass is 358 g/mol. The van der Waals surface area contributed by atoms with Crippen LogP contribution in [0.15, 0.2) is 65.3 Å². The zero-order valence-corrected chi connectivity index (χ0v) is 14.7. The number of nitrogens with zero attached hydrogens (tertiary/aromatic N) is 6. The molecule has 4 aromatic rings. The van der Waals surface area contributed by atoms with Gasteiger partial charge in [-0.2, -0.15) is 4.98 Å². The van der Waals surface area contributed by atoms with Crippen molar-refractivity contribution in [2.75, 3.05) is 36.0 Å². The van der Waals surface area contributed by atoms with Gasteiger partial charge in [-0.1, -0.05) is 12.1 Å². The Morgan fingerprint density at radius 2 is 1.67 bits per heavy atom. The van der Waals surface area contributed by atoms with Crippen LogP contribution in [0.3, 0.4) is 0 Å². The minimum absolute atomic E-state index is 0.689. The van der Waals surface area contributed by atoms with Crippen molar-refractivity contribution >= 4 is 22.9 Å². The van der Waals surface area contributed by atoms with Crippen molar-refractivity contribution in [3.8, 4) is 11.3 Å². The third-order valence-electron chi connectivity index (χ3n) is 4.76. The van der Waals surface area contributed by atoms with E-state index >= 15 is 0 Å². The fourth-order valence-electron chi connectivity index (χ4n) is 3.28. The van der Waals surface area contributed by atoms with Gasteiger partial charge in [-0.15, -0.1) is 10.2 Å². The molecule has 0 N–H and O–H groups in total. The SMILES string of the molecule is c1cncc(-c2ccc(N3CCN(c4nc5ccccc5o4)CC3)nn2)c1. The molecule has 0 spiro atoms. The van der Waals surface area contributed by atoms with E-state index in [1.807, 2.05) is 48.5 Å². The summed E-state index contributed by atoms with van der Waals surface area (Å²) in [4.78, 5) is 13.1. The molecule has 1 aliphatic rings. The van der Waals surface area contributed by atoms with E-state index in [4.69, 9.17) is 4.42 Å². The molecule has 7 nitrogen and oxygen atoms in total. The highest BCUT2D eigenvalue weighted by atomic mass is 16.4. The molecule has 1 aliphatic heterocycles. The van der Waals surface area contributed by atoms with Crippen LogP contribution in [-0.2, 0) is 0 Å². The largest absolute Gasteiger partial charge is 0.423 e. The van der Waals surface area contributed by atoms with Crippen LogP contribution in [0.5, 0.6) is 0 Å². The van der Waals surface area contributed by atoms with Crippen molar-refractivity contribution in [1.29, 1.82) is 0 Å². The molecule has 1 aromatic carbocycles. The van der Waals surface area contributed by atoms with Crippen LogP contribution in [0.1, 0.15) is 0 Å². The molecule has 7 heteroatoms. The Morgan fingerprint density at radius 1 is 0.815 bits per heavy atom. The van der Waals surface area contributed by atoms with Gasteiger partial charge in [-0.3, -0.25) is 4.98 Å². The summed E-state index contributed by atoms with van der Waals surface area (Å²) in [6.45, 7) is 3.36. The van der Waals surface area contributed by atoms with Gasteiger partial charge in [0.1, 0.15) is 5.52 Å². The van der Waals surface area contributed by atoms with Crippen molar-refractivity contribution in [2.45, 2.75) is 0 Å². The lowest BCUT2D eigenvalue weighted by Crippen LogP contribution is -2.47. The molecule has 0 unspecified atom stereocenters. The van der Waals surface area contributed by atoms with E-state index in [2.05, 4.69) is 30.0 Å². The van der Waals surface area contributed by atoms with Gasteiger partial charge in [0.05, 0.1) is 5.69 Å². The highest BCUT2D eigenvalue weighted by Gasteiger charge is 2.22. The molecule has 0 saturated carbocycles. The first kappa shape index (κ1) is 15.7. The van der Waals surface area contributed by atoms with Crippen LogP contribution >= 0.6 is 0 Å². The van der Waals surface area contributed by atoms with Gasteiger partial charge in [0.15, 0.2) is 11.4 Å². The summed E-state index contributed by atoms with van der Waals surface area (Å²) in [6, 6.07) is 16.4. The molecule has 3 aromatic heterocycles. The Labute approximate surface area is 156 Å². The van der Waals surface area contributed by atoms with E-state index in [1.165, 1.54) is 0 Å². The maximum absolute atomic E-state index is 5.88. The fourth-order valence-corrected chi connectivity index (χ4v) is 3.28. The standard InChI is InChI=1S/C20H18N6O/c1-2-6-18-17(5-1)22-20(27-18)26-12-10-25(11-13-26)19-8-7-16(23-24-19)15-4-3-9-21-14-15/h1-9,14H,10-13H2. The first-order valence-electron chi connectivity index (χ1n) is 8.96. The number of hydrogen-bond acceptors (Lipinski definition) is 7. The molecule has 134 valence electrons. The minimum Gasteiger partial charge on any atom is -0.423 e. The number of piperazine rings is 1. The van der Waals surface area contributed by atoms with Crippen LogP contribution in [0.2, 0.25) is 0 Å². The first-order chi connectivity index (χ1) is 13.4. The lowest BCUT2D eigenvalue weighted by Gasteiger charge is -2.34. The Hall–Kier alpha value is -3.48. The first-order valence-corrected chi connectivity index (χ1v) is 8.96. The average Bonchev–Trinajstić information content (AvgIpc) is 3.19. The van der Waals surface area contributed by atoms with Crippen molar-refractivity contribution in [3.63, 3.8) is 0 Å². The van der Waals surface area contributed by atoms with Crippen molar-refractivity contribution < 1.29 is 4.42 Å². The second-order valence-electron chi connectivity index (χ2n) is 6.46. The van der Waals surface area contributed by atoms with Crippen LogP contribution in [0.25, 0.3) is 22.4 Å². The van der Waals surface area contributed by atoms with Crippen molar-refractivity contribution in [2.24, 2.45) is 0 Å². The van der Waals surface area contributed by atoms with Gasteiger partial charge in [-0.25, -0.2) is 0 Å². The Morgan fingerprint density at radius 3 is 2.41 bits per heavy atom. The van der Waals surface area contributed by atoms with Gasteiger partial charge in [0, 0.05) is 44.1 Å². The molecule has 1 fully saturated rings. The van der Waals surface area contributed by atoms with E-state index < -0.39 is 0 Å². The van der Waals surface area contributed by atoms with Crippen molar-refractivity contribution in [3.05, 3.63) is 60.9 Å². The molecule has 0 aliphatic carbocycles. The van der Waals surface area contributed by atoms with E-state index in [1.54, 1.807) is 12.4 Å². The molecule has 0 amide bonds. The Bertz CT molecular complexity index is 1010. The number of para-hydroxylation sites is 2. The molecular formula is C20H18N6O. The zero-order chi connectivity index (χ0) is 18.1. The number of pyridine rings is 1. The Kier molecular flexibility index (Phi) is 3.90. The lowest BCUT2D eigenvalue weighted by atomic mass is 10.2. The van der Waals surface area contributed by atoms with Gasteiger partial charge < -0.3 is 14.2 Å². The number of fused-ring (bicyclic) bond motifs is 1. The molecule has 0 atom stereocenters. The molecule has 4 heterocycles. The van der Waals surface area contributed by atoms with Crippen molar-refractivity contribution in [1.82, 2.24) is 20.2 Å². The zero-order valence-electron chi connectivity index (χ0n) is 14.7. The summed E-state index contributed by atoms with van der Waals surface area (Å²) in [5, 5.41) is 8.76. The summed E-state index contributed by atoms with van der Waals surface area (Å²) in [5.74, 6) is 0.889. The molecule has 5 rings (SSSR count). The van der Waals surface area contributed by atoms with E-state index in [-0.39, 0.29) is 0 Å². The van der Waals surface area contributed by atoms with E-state index in [0.717, 1.165) is 54.4 Å². The maximum atomic E-state index is 5.88. The van der Waals surface area contributed by atoms with E-state index in [0.29, 0.717) is 6.01 Å². The summed E-state index contributed by atoms with van der Waals surface area (Å²) >= 11 is 0. The van der Waals surface area contributed by atoms with Gasteiger partial charge in [-0.05, 0) is 36.4 Å². The number of benzene rings is 1. The molecule has 0 radical (unpaired) electrons. The third-order valence-corrected chi connectivity index (χ3v) is 4.76. The number of oxazole rings is 1. The van der Waals surface area contributed by atoms with Crippen LogP contribution in [-0.4, -0.2) is 46.3 Å². The smallest absolute Gasteiger partial charge is 0.298 e. The van der Waals surface area contributed by atoms with E-state index in [9.17, 15) is 0 Å². The highest BCUT2D eigenvalue weighted by Crippen LogP contribution is 2.24. The average molecular weight is 358 g/mol. The Balaban J connectivity index is 1.27. The van der Waals surface area contributed by atoms with Crippen LogP contribution < -0.4 is 9.80 Å². The molecule has 1 saturated heterocycles. The number of hydrogen-bond donors (Lipinski definition) is 0. The molecular weight excluding hydrogens is 340 g/mol. The van der Waals surface area contributed by atoms with Gasteiger partial charge in [0.2, 0.25) is 0 Å². The predicted molar refractivity (Wildman–Crippen MR) is 104 cm³/mol. The lowest BCUT2D eigenvalue weighted by molar-refractivity contribution is 0.540. The summed E-state index contributed by atoms with van der Waals surface area (Å²) in [5.41, 5.74) is 3.52. The summed E-state index contributed by atoms with van der Waals surface area (Å²) in [7, 11) is 0. The summed E-state index contributed by atoms with van der Waals surface area (Å²) < 4.78 is 5.88.